The number of furan rings is 1. The van der Waals surface area contributed by atoms with E-state index >= 15 is 0 Å². The van der Waals surface area contributed by atoms with Gasteiger partial charge < -0.3 is 8.98 Å². The fourth-order valence-corrected chi connectivity index (χ4v) is 9.57. The molecule has 2 nitrogen and oxygen atoms in total. The SMILES string of the molecule is CC1(C)c2ccccc2-c2ccc(-n3c4ccc(-c5ccc6oc7ccccc7c6c5)cc4c4c5cccc6c5c(cc43)-c3ccccc3-6)cc21. The van der Waals surface area contributed by atoms with Crippen LogP contribution in [0.1, 0.15) is 25.0 Å². The van der Waals surface area contributed by atoms with Crippen molar-refractivity contribution >= 4 is 54.5 Å². The molecule has 2 aromatic heterocycles. The Morgan fingerprint density at radius 1 is 0.412 bits per heavy atom. The molecule has 0 aliphatic heterocycles. The maximum Gasteiger partial charge on any atom is 0.135 e. The maximum atomic E-state index is 6.19. The van der Waals surface area contributed by atoms with E-state index < -0.39 is 0 Å². The van der Waals surface area contributed by atoms with Gasteiger partial charge in [-0.25, -0.2) is 0 Å². The molecule has 238 valence electrons. The van der Waals surface area contributed by atoms with E-state index in [4.69, 9.17) is 4.42 Å². The third-order valence-corrected chi connectivity index (χ3v) is 11.9. The highest BCUT2D eigenvalue weighted by Gasteiger charge is 2.35. The first-order valence-corrected chi connectivity index (χ1v) is 17.8. The van der Waals surface area contributed by atoms with Gasteiger partial charge in [-0.3, -0.25) is 0 Å². The Bertz CT molecular complexity index is 3170. The molecule has 2 aliphatic rings. The Labute approximate surface area is 294 Å². The summed E-state index contributed by atoms with van der Waals surface area (Å²) in [6, 6.07) is 56.2. The molecule has 0 spiro atoms. The van der Waals surface area contributed by atoms with E-state index in [1.165, 1.54) is 93.9 Å². The zero-order valence-electron chi connectivity index (χ0n) is 28.3. The Kier molecular flexibility index (Phi) is 5.08. The lowest BCUT2D eigenvalue weighted by atomic mass is 9.82. The van der Waals surface area contributed by atoms with Gasteiger partial charge >= 0.3 is 0 Å². The van der Waals surface area contributed by atoms with Crippen LogP contribution in [0.2, 0.25) is 0 Å². The summed E-state index contributed by atoms with van der Waals surface area (Å²) in [4.78, 5) is 0. The molecule has 2 heteroatoms. The summed E-state index contributed by atoms with van der Waals surface area (Å²) in [5.74, 6) is 0. The second-order valence-electron chi connectivity index (χ2n) is 14.9. The quantitative estimate of drug-likeness (QED) is 0.182. The first kappa shape index (κ1) is 27.4. The standard InChI is InChI=1S/C49H31NO/c1-49(2)41-16-7-5-12-33(41)34-21-20-30(26-42(34)49)50-43-22-18-28(29-19-23-46-38(24-29)35-13-6-8-17-45(35)51-46)25-40(43)48-37-15-9-14-36-31-10-3-4-11-32(31)39(47(36)37)27-44(48)50/h3-27H,1-2H3. The number of hydrogen-bond donors (Lipinski definition) is 0. The van der Waals surface area contributed by atoms with Gasteiger partial charge in [0.15, 0.2) is 0 Å². The summed E-state index contributed by atoms with van der Waals surface area (Å²) in [5.41, 5.74) is 18.5. The van der Waals surface area contributed by atoms with Crippen LogP contribution in [0.4, 0.5) is 0 Å². The number of fused-ring (bicyclic) bond motifs is 13. The Morgan fingerprint density at radius 3 is 1.96 bits per heavy atom. The molecule has 10 aromatic rings. The van der Waals surface area contributed by atoms with Gasteiger partial charge in [-0.15, -0.1) is 0 Å². The minimum Gasteiger partial charge on any atom is -0.456 e. The summed E-state index contributed by atoms with van der Waals surface area (Å²) < 4.78 is 8.71. The average Bonchev–Trinajstić information content (AvgIpc) is 3.88. The molecular formula is C49H31NO. The van der Waals surface area contributed by atoms with Crippen molar-refractivity contribution in [2.75, 3.05) is 0 Å². The number of benzene rings is 8. The van der Waals surface area contributed by atoms with Crippen LogP contribution in [-0.2, 0) is 5.41 Å². The lowest BCUT2D eigenvalue weighted by Gasteiger charge is -2.22. The van der Waals surface area contributed by atoms with Gasteiger partial charge in [-0.05, 0) is 115 Å². The molecule has 2 heterocycles. The van der Waals surface area contributed by atoms with Gasteiger partial charge in [0.05, 0.1) is 11.0 Å². The van der Waals surface area contributed by atoms with Gasteiger partial charge in [0.2, 0.25) is 0 Å². The summed E-state index contributed by atoms with van der Waals surface area (Å²) in [7, 11) is 0. The topological polar surface area (TPSA) is 18.1 Å². The normalized spacial score (nSPS) is 13.8. The number of rotatable bonds is 2. The van der Waals surface area contributed by atoms with Crippen LogP contribution in [0, 0.1) is 0 Å². The summed E-state index contributed by atoms with van der Waals surface area (Å²) >= 11 is 0. The van der Waals surface area contributed by atoms with E-state index in [1.807, 2.05) is 12.1 Å². The van der Waals surface area contributed by atoms with Crippen LogP contribution >= 0.6 is 0 Å². The van der Waals surface area contributed by atoms with Crippen LogP contribution < -0.4 is 0 Å². The fraction of sp³-hybridized carbons (Fsp3) is 0.0612. The highest BCUT2D eigenvalue weighted by atomic mass is 16.3. The van der Waals surface area contributed by atoms with Crippen LogP contribution in [0.15, 0.2) is 156 Å². The Hall–Kier alpha value is -6.38. The van der Waals surface area contributed by atoms with Crippen molar-refractivity contribution in [1.29, 1.82) is 0 Å². The third-order valence-electron chi connectivity index (χ3n) is 11.9. The smallest absolute Gasteiger partial charge is 0.135 e. The van der Waals surface area contributed by atoms with E-state index in [2.05, 4.69) is 158 Å². The first-order chi connectivity index (χ1) is 25.0. The van der Waals surface area contributed by atoms with Crippen molar-refractivity contribution in [3.63, 3.8) is 0 Å². The molecule has 2 aliphatic carbocycles. The molecule has 0 unspecified atom stereocenters. The zero-order chi connectivity index (χ0) is 33.6. The number of para-hydroxylation sites is 1. The summed E-state index contributed by atoms with van der Waals surface area (Å²) in [5, 5.41) is 7.53. The van der Waals surface area contributed by atoms with Crippen molar-refractivity contribution in [1.82, 2.24) is 4.57 Å². The van der Waals surface area contributed by atoms with E-state index in [0.29, 0.717) is 0 Å². The van der Waals surface area contributed by atoms with Gasteiger partial charge in [-0.1, -0.05) is 117 Å². The van der Waals surface area contributed by atoms with Crippen LogP contribution in [-0.4, -0.2) is 4.57 Å². The second kappa shape index (κ2) is 9.44. The molecule has 0 bridgehead atoms. The van der Waals surface area contributed by atoms with E-state index in [9.17, 15) is 0 Å². The minimum absolute atomic E-state index is 0.0849. The van der Waals surface area contributed by atoms with Crippen molar-refractivity contribution in [2.24, 2.45) is 0 Å². The first-order valence-electron chi connectivity index (χ1n) is 17.8. The minimum atomic E-state index is -0.0849. The van der Waals surface area contributed by atoms with Gasteiger partial charge in [0.25, 0.3) is 0 Å². The Balaban J connectivity index is 1.17. The molecule has 0 saturated carbocycles. The van der Waals surface area contributed by atoms with Crippen molar-refractivity contribution < 1.29 is 4.42 Å². The van der Waals surface area contributed by atoms with Crippen molar-refractivity contribution in [2.45, 2.75) is 19.3 Å². The van der Waals surface area contributed by atoms with E-state index in [1.54, 1.807) is 0 Å². The zero-order valence-corrected chi connectivity index (χ0v) is 28.3. The molecule has 0 N–H and O–H groups in total. The molecule has 0 radical (unpaired) electrons. The van der Waals surface area contributed by atoms with E-state index in [0.717, 1.165) is 21.9 Å². The Morgan fingerprint density at radius 2 is 1.08 bits per heavy atom. The maximum absolute atomic E-state index is 6.19. The summed E-state index contributed by atoms with van der Waals surface area (Å²) in [6.07, 6.45) is 0. The predicted molar refractivity (Wildman–Crippen MR) is 213 cm³/mol. The fourth-order valence-electron chi connectivity index (χ4n) is 9.57. The van der Waals surface area contributed by atoms with Crippen LogP contribution in [0.25, 0.3) is 105 Å². The average molecular weight is 650 g/mol. The molecule has 0 fully saturated rings. The highest BCUT2D eigenvalue weighted by Crippen LogP contribution is 2.53. The summed E-state index contributed by atoms with van der Waals surface area (Å²) in [6.45, 7) is 4.73. The third kappa shape index (κ3) is 3.47. The predicted octanol–water partition coefficient (Wildman–Crippen LogP) is 13.5. The van der Waals surface area contributed by atoms with Crippen LogP contribution in [0.5, 0.6) is 0 Å². The molecule has 0 saturated heterocycles. The van der Waals surface area contributed by atoms with Gasteiger partial charge in [-0.2, -0.15) is 0 Å². The van der Waals surface area contributed by atoms with E-state index in [-0.39, 0.29) is 5.41 Å². The molecule has 8 aromatic carbocycles. The van der Waals surface area contributed by atoms with Crippen molar-refractivity contribution in [3.8, 4) is 50.2 Å². The molecule has 0 atom stereocenters. The number of hydrogen-bond acceptors (Lipinski definition) is 1. The number of aromatic nitrogens is 1. The van der Waals surface area contributed by atoms with Gasteiger partial charge in [0.1, 0.15) is 11.2 Å². The highest BCUT2D eigenvalue weighted by molar-refractivity contribution is 6.29. The molecule has 12 rings (SSSR count). The molecule has 51 heavy (non-hydrogen) atoms. The van der Waals surface area contributed by atoms with Gasteiger partial charge in [0, 0.05) is 32.6 Å². The molecular weight excluding hydrogens is 619 g/mol. The second-order valence-corrected chi connectivity index (χ2v) is 14.9. The van der Waals surface area contributed by atoms with Crippen LogP contribution in [0.3, 0.4) is 0 Å². The largest absolute Gasteiger partial charge is 0.456 e. The van der Waals surface area contributed by atoms with Crippen molar-refractivity contribution in [3.05, 3.63) is 163 Å². The molecule has 0 amide bonds. The monoisotopic (exact) mass is 649 g/mol. The number of nitrogens with zero attached hydrogens (tertiary/aromatic N) is 1. The lowest BCUT2D eigenvalue weighted by molar-refractivity contribution is 0.660. The lowest BCUT2D eigenvalue weighted by Crippen LogP contribution is -2.15.